The Bertz CT molecular complexity index is 960. The van der Waals surface area contributed by atoms with Crippen molar-refractivity contribution in [2.24, 2.45) is 17.3 Å². The number of likely N-dealkylation sites (tertiary alicyclic amines) is 1. The van der Waals surface area contributed by atoms with Crippen LogP contribution in [0.4, 0.5) is 0 Å². The average Bonchev–Trinajstić information content (AvgIpc) is 4.06. The van der Waals surface area contributed by atoms with Crippen molar-refractivity contribution in [3.63, 3.8) is 0 Å². The molecule has 2 fully saturated rings. The molecule has 5 nitrogen and oxygen atoms in total. The molecule has 1 N–H and O–H groups in total. The predicted octanol–water partition coefficient (Wildman–Crippen LogP) is 15.5. The lowest BCUT2D eigenvalue weighted by atomic mass is 9.72. The molecule has 1 aliphatic carbocycles. The number of aliphatic hydroxyl groups is 1. The molecule has 1 saturated carbocycles. The molecule has 0 aromatic heterocycles. The standard InChI is InChI=1S/C52H99NO4/c1-5-9-13-17-19-23-33-47(32-21-15-11-7-3)50(48-36-37-48)56-44-29-25-38-52(40-31-42-53(46-52)41-27-28-43-54)39-26-30-45-57-51(55)49(34-22-16-12-8-4)35-24-20-18-14-10-6-2/h47,49,54H,5-46H2,1-4H3. The zero-order valence-corrected chi connectivity index (χ0v) is 39.0. The smallest absolute Gasteiger partial charge is 0.308 e. The van der Waals surface area contributed by atoms with Crippen LogP contribution in [-0.4, -0.2) is 55.4 Å². The molecule has 5 heteroatoms. The minimum atomic E-state index is 0.0817. The number of carbonyl (C=O) groups is 1. The van der Waals surface area contributed by atoms with Gasteiger partial charge in [-0.3, -0.25) is 4.79 Å². The summed E-state index contributed by atoms with van der Waals surface area (Å²) in [5, 5.41) is 9.44. The van der Waals surface area contributed by atoms with Gasteiger partial charge in [-0.25, -0.2) is 0 Å². The summed E-state index contributed by atoms with van der Waals surface area (Å²) in [5.74, 6) is 2.24. The molecule has 0 aromatic rings. The van der Waals surface area contributed by atoms with Gasteiger partial charge in [0, 0.05) is 19.1 Å². The third kappa shape index (κ3) is 26.0. The molecule has 57 heavy (non-hydrogen) atoms. The van der Waals surface area contributed by atoms with Crippen LogP contribution in [0.15, 0.2) is 11.3 Å². The van der Waals surface area contributed by atoms with Crippen molar-refractivity contribution in [1.82, 2.24) is 4.90 Å². The summed E-state index contributed by atoms with van der Waals surface area (Å²) in [4.78, 5) is 16.0. The molecule has 0 aromatic carbocycles. The fourth-order valence-corrected chi connectivity index (χ4v) is 9.74. The van der Waals surface area contributed by atoms with Crippen molar-refractivity contribution in [3.8, 4) is 0 Å². The zero-order valence-electron chi connectivity index (χ0n) is 39.0. The molecule has 0 radical (unpaired) electrons. The molecule has 3 atom stereocenters. The van der Waals surface area contributed by atoms with Crippen LogP contribution in [-0.2, 0) is 14.3 Å². The van der Waals surface area contributed by atoms with Gasteiger partial charge >= 0.3 is 5.97 Å². The number of hydrogen-bond donors (Lipinski definition) is 1. The van der Waals surface area contributed by atoms with Crippen LogP contribution < -0.4 is 0 Å². The molecule has 3 unspecified atom stereocenters. The second kappa shape index (κ2) is 35.7. The summed E-state index contributed by atoms with van der Waals surface area (Å²) < 4.78 is 12.9. The van der Waals surface area contributed by atoms with Gasteiger partial charge in [0.2, 0.25) is 0 Å². The van der Waals surface area contributed by atoms with Gasteiger partial charge in [0.25, 0.3) is 0 Å². The first-order valence-electron chi connectivity index (χ1n) is 25.9. The van der Waals surface area contributed by atoms with Crippen molar-refractivity contribution < 1.29 is 19.4 Å². The lowest BCUT2D eigenvalue weighted by Gasteiger charge is -2.43. The fraction of sp³-hybridized carbons (Fsp3) is 0.942. The SMILES string of the molecule is CCCCCCCCC(CCCCCC)C(=O)OCCCCC1(CCCCOC(=C2CC2)C(CCCCCC)CCCCCCCC)CCCN(CCCCO)C1. The van der Waals surface area contributed by atoms with E-state index < -0.39 is 0 Å². The summed E-state index contributed by atoms with van der Waals surface area (Å²) in [5.41, 5.74) is 1.98. The van der Waals surface area contributed by atoms with E-state index in [1.165, 1.54) is 192 Å². The first-order valence-corrected chi connectivity index (χ1v) is 25.9. The maximum absolute atomic E-state index is 13.3. The Hall–Kier alpha value is -1.07. The molecule has 2 rings (SSSR count). The number of ether oxygens (including phenoxy) is 2. The lowest BCUT2D eigenvalue weighted by molar-refractivity contribution is -0.149. The van der Waals surface area contributed by atoms with Gasteiger partial charge in [-0.15, -0.1) is 0 Å². The Balaban J connectivity index is 1.90. The number of aliphatic hydroxyl groups excluding tert-OH is 1. The highest BCUT2D eigenvalue weighted by atomic mass is 16.5. The largest absolute Gasteiger partial charge is 0.498 e. The number of hydrogen-bond acceptors (Lipinski definition) is 5. The van der Waals surface area contributed by atoms with Crippen molar-refractivity contribution >= 4 is 5.97 Å². The van der Waals surface area contributed by atoms with E-state index >= 15 is 0 Å². The Morgan fingerprint density at radius 1 is 0.579 bits per heavy atom. The van der Waals surface area contributed by atoms with Gasteiger partial charge in [-0.05, 0) is 127 Å². The third-order valence-electron chi connectivity index (χ3n) is 13.5. The first kappa shape index (κ1) is 52.1. The molecule has 1 saturated heterocycles. The van der Waals surface area contributed by atoms with Crippen LogP contribution in [0.1, 0.15) is 259 Å². The Labute approximate surface area is 356 Å². The van der Waals surface area contributed by atoms with Crippen molar-refractivity contribution in [1.29, 1.82) is 0 Å². The molecule has 0 amide bonds. The van der Waals surface area contributed by atoms with Crippen LogP contribution >= 0.6 is 0 Å². The van der Waals surface area contributed by atoms with E-state index in [1.54, 1.807) is 5.57 Å². The van der Waals surface area contributed by atoms with Gasteiger partial charge in [-0.2, -0.15) is 0 Å². The molecule has 336 valence electrons. The zero-order chi connectivity index (χ0) is 41.1. The van der Waals surface area contributed by atoms with E-state index in [4.69, 9.17) is 9.47 Å². The Kier molecular flexibility index (Phi) is 32.6. The molecule has 1 heterocycles. The summed E-state index contributed by atoms with van der Waals surface area (Å²) in [6.45, 7) is 14.4. The number of nitrogens with zero attached hydrogens (tertiary/aromatic N) is 1. The maximum Gasteiger partial charge on any atom is 0.308 e. The van der Waals surface area contributed by atoms with Gasteiger partial charge in [0.1, 0.15) is 0 Å². The van der Waals surface area contributed by atoms with Crippen LogP contribution in [0, 0.1) is 17.3 Å². The van der Waals surface area contributed by atoms with E-state index in [9.17, 15) is 9.90 Å². The minimum Gasteiger partial charge on any atom is -0.498 e. The number of piperidine rings is 1. The first-order chi connectivity index (χ1) is 28.0. The van der Waals surface area contributed by atoms with E-state index in [-0.39, 0.29) is 11.9 Å². The molecular weight excluding hydrogens is 703 g/mol. The van der Waals surface area contributed by atoms with E-state index in [1.807, 2.05) is 0 Å². The lowest BCUT2D eigenvalue weighted by Crippen LogP contribution is -2.43. The van der Waals surface area contributed by atoms with Crippen LogP contribution in [0.2, 0.25) is 0 Å². The molecule has 1 aliphatic heterocycles. The van der Waals surface area contributed by atoms with Crippen molar-refractivity contribution in [3.05, 3.63) is 11.3 Å². The highest BCUT2D eigenvalue weighted by Gasteiger charge is 2.34. The average molecular weight is 802 g/mol. The van der Waals surface area contributed by atoms with Crippen LogP contribution in [0.5, 0.6) is 0 Å². The van der Waals surface area contributed by atoms with Gasteiger partial charge in [0.05, 0.1) is 24.9 Å². The normalized spacial score (nSPS) is 18.2. The van der Waals surface area contributed by atoms with E-state index in [0.717, 1.165) is 70.9 Å². The number of carbonyl (C=O) groups excluding carboxylic acids is 1. The summed E-state index contributed by atoms with van der Waals surface area (Å²) in [6, 6.07) is 0. The highest BCUT2D eigenvalue weighted by Crippen LogP contribution is 2.41. The monoisotopic (exact) mass is 802 g/mol. The van der Waals surface area contributed by atoms with Gasteiger partial charge in [0.15, 0.2) is 0 Å². The summed E-state index contributed by atoms with van der Waals surface area (Å²) in [6.07, 6.45) is 45.0. The summed E-state index contributed by atoms with van der Waals surface area (Å²) >= 11 is 0. The predicted molar refractivity (Wildman–Crippen MR) is 246 cm³/mol. The van der Waals surface area contributed by atoms with E-state index in [2.05, 4.69) is 32.6 Å². The number of esters is 1. The fourth-order valence-electron chi connectivity index (χ4n) is 9.74. The highest BCUT2D eigenvalue weighted by molar-refractivity contribution is 5.72. The van der Waals surface area contributed by atoms with Gasteiger partial charge < -0.3 is 19.5 Å². The third-order valence-corrected chi connectivity index (χ3v) is 13.5. The van der Waals surface area contributed by atoms with Crippen LogP contribution in [0.25, 0.3) is 0 Å². The van der Waals surface area contributed by atoms with Crippen LogP contribution in [0.3, 0.4) is 0 Å². The molecule has 0 bridgehead atoms. The summed E-state index contributed by atoms with van der Waals surface area (Å²) in [7, 11) is 0. The molecule has 2 aliphatic rings. The Morgan fingerprint density at radius 3 is 1.56 bits per heavy atom. The second-order valence-corrected chi connectivity index (χ2v) is 18.9. The number of allylic oxidation sites excluding steroid dienone is 2. The maximum atomic E-state index is 13.3. The Morgan fingerprint density at radius 2 is 1.05 bits per heavy atom. The number of rotatable bonds is 41. The van der Waals surface area contributed by atoms with Crippen molar-refractivity contribution in [2.75, 3.05) is 39.5 Å². The second-order valence-electron chi connectivity index (χ2n) is 18.9. The quantitative estimate of drug-likeness (QED) is 0.0379. The molecular formula is C52H99NO4. The van der Waals surface area contributed by atoms with E-state index in [0.29, 0.717) is 24.5 Å². The number of unbranched alkanes of at least 4 members (excludes halogenated alkanes) is 19. The van der Waals surface area contributed by atoms with Gasteiger partial charge in [-0.1, -0.05) is 156 Å². The minimum absolute atomic E-state index is 0.0817. The topological polar surface area (TPSA) is 59.0 Å². The van der Waals surface area contributed by atoms with Crippen molar-refractivity contribution in [2.45, 2.75) is 259 Å². The molecule has 0 spiro atoms.